The van der Waals surface area contributed by atoms with Crippen LogP contribution in [0.1, 0.15) is 31.7 Å². The van der Waals surface area contributed by atoms with Gasteiger partial charge < -0.3 is 19.5 Å². The second-order valence-electron chi connectivity index (χ2n) is 5.17. The summed E-state index contributed by atoms with van der Waals surface area (Å²) >= 11 is 0. The molecule has 0 amide bonds. The van der Waals surface area contributed by atoms with Gasteiger partial charge in [-0.1, -0.05) is 6.07 Å². The van der Waals surface area contributed by atoms with Gasteiger partial charge in [0.1, 0.15) is 0 Å². The molecule has 0 saturated heterocycles. The lowest BCUT2D eigenvalue weighted by molar-refractivity contribution is 0.107. The minimum atomic E-state index is 0.419. The van der Waals surface area contributed by atoms with Gasteiger partial charge in [0.2, 0.25) is 0 Å². The molecule has 4 nitrogen and oxygen atoms in total. The molecule has 1 N–H and O–H groups in total. The Kier molecular flexibility index (Phi) is 5.68. The maximum Gasteiger partial charge on any atom is 0.161 e. The first-order valence-corrected chi connectivity index (χ1v) is 7.32. The highest BCUT2D eigenvalue weighted by atomic mass is 16.5. The van der Waals surface area contributed by atoms with Crippen molar-refractivity contribution in [3.8, 4) is 11.5 Å². The molecule has 2 unspecified atom stereocenters. The van der Waals surface area contributed by atoms with E-state index in [9.17, 15) is 0 Å². The Bertz CT molecular complexity index is 422. The van der Waals surface area contributed by atoms with Crippen molar-refractivity contribution >= 4 is 0 Å². The molecule has 0 radical (unpaired) electrons. The van der Waals surface area contributed by atoms with E-state index in [0.29, 0.717) is 18.8 Å². The van der Waals surface area contributed by atoms with E-state index < -0.39 is 0 Å². The van der Waals surface area contributed by atoms with Crippen LogP contribution in [0.4, 0.5) is 0 Å². The fraction of sp³-hybridized carbons (Fsp3) is 0.625. The number of hydrogen-bond acceptors (Lipinski definition) is 4. The molecule has 4 heteroatoms. The standard InChI is InChI=1S/C16H25NO3/c1-4-20-16-9-12(5-8-15(16)19-3)11-17-13-6-7-14(10-13)18-2/h5,8-9,13-14,17H,4,6-7,10-11H2,1-3H3. The zero-order valence-electron chi connectivity index (χ0n) is 12.6. The zero-order valence-corrected chi connectivity index (χ0v) is 12.6. The summed E-state index contributed by atoms with van der Waals surface area (Å²) in [6.07, 6.45) is 3.86. The summed E-state index contributed by atoms with van der Waals surface area (Å²) in [5.74, 6) is 1.60. The number of nitrogens with one attached hydrogen (secondary N) is 1. The Balaban J connectivity index is 1.91. The van der Waals surface area contributed by atoms with Crippen LogP contribution in [0.25, 0.3) is 0 Å². The van der Waals surface area contributed by atoms with Gasteiger partial charge in [0.05, 0.1) is 19.8 Å². The maximum absolute atomic E-state index is 5.60. The van der Waals surface area contributed by atoms with Gasteiger partial charge >= 0.3 is 0 Å². The van der Waals surface area contributed by atoms with Crippen LogP contribution in [-0.2, 0) is 11.3 Å². The summed E-state index contributed by atoms with van der Waals surface area (Å²) in [7, 11) is 3.46. The van der Waals surface area contributed by atoms with Crippen molar-refractivity contribution in [2.45, 2.75) is 44.9 Å². The monoisotopic (exact) mass is 279 g/mol. The van der Waals surface area contributed by atoms with E-state index in [0.717, 1.165) is 30.9 Å². The third-order valence-corrected chi connectivity index (χ3v) is 3.84. The predicted molar refractivity (Wildman–Crippen MR) is 79.4 cm³/mol. The van der Waals surface area contributed by atoms with Crippen LogP contribution in [0.3, 0.4) is 0 Å². The van der Waals surface area contributed by atoms with Crippen molar-refractivity contribution in [1.29, 1.82) is 0 Å². The van der Waals surface area contributed by atoms with Gasteiger partial charge in [0, 0.05) is 19.7 Å². The molecule has 2 rings (SSSR count). The van der Waals surface area contributed by atoms with Gasteiger partial charge in [-0.05, 0) is 43.9 Å². The van der Waals surface area contributed by atoms with Crippen LogP contribution < -0.4 is 14.8 Å². The van der Waals surface area contributed by atoms with Gasteiger partial charge in [-0.15, -0.1) is 0 Å². The van der Waals surface area contributed by atoms with Gasteiger partial charge in [0.15, 0.2) is 11.5 Å². The molecular formula is C16H25NO3. The summed E-state index contributed by atoms with van der Waals surface area (Å²) in [5.41, 5.74) is 1.22. The Hall–Kier alpha value is -1.26. The number of benzene rings is 1. The molecule has 20 heavy (non-hydrogen) atoms. The third kappa shape index (κ3) is 3.87. The molecule has 1 saturated carbocycles. The second-order valence-corrected chi connectivity index (χ2v) is 5.17. The summed E-state index contributed by atoms with van der Waals surface area (Å²) in [4.78, 5) is 0. The maximum atomic E-state index is 5.60. The van der Waals surface area contributed by atoms with Crippen LogP contribution in [0, 0.1) is 0 Å². The molecule has 1 fully saturated rings. The molecule has 2 atom stereocenters. The molecule has 0 bridgehead atoms. The van der Waals surface area contributed by atoms with E-state index in [2.05, 4.69) is 17.4 Å². The third-order valence-electron chi connectivity index (χ3n) is 3.84. The molecule has 1 aliphatic rings. The van der Waals surface area contributed by atoms with Crippen LogP contribution >= 0.6 is 0 Å². The van der Waals surface area contributed by atoms with Crippen LogP contribution in [-0.4, -0.2) is 33.0 Å². The Morgan fingerprint density at radius 2 is 2.05 bits per heavy atom. The molecule has 0 aliphatic heterocycles. The molecule has 0 spiro atoms. The average Bonchev–Trinajstić information content (AvgIpc) is 2.94. The van der Waals surface area contributed by atoms with Crippen molar-refractivity contribution in [3.63, 3.8) is 0 Å². The Morgan fingerprint density at radius 3 is 2.70 bits per heavy atom. The van der Waals surface area contributed by atoms with E-state index in [1.165, 1.54) is 12.0 Å². The Morgan fingerprint density at radius 1 is 1.20 bits per heavy atom. The second kappa shape index (κ2) is 7.50. The quantitative estimate of drug-likeness (QED) is 0.833. The van der Waals surface area contributed by atoms with Crippen molar-refractivity contribution < 1.29 is 14.2 Å². The van der Waals surface area contributed by atoms with Gasteiger partial charge in [-0.2, -0.15) is 0 Å². The largest absolute Gasteiger partial charge is 0.493 e. The van der Waals surface area contributed by atoms with Crippen molar-refractivity contribution in [2.24, 2.45) is 0 Å². The lowest BCUT2D eigenvalue weighted by atomic mass is 10.1. The minimum Gasteiger partial charge on any atom is -0.493 e. The average molecular weight is 279 g/mol. The first kappa shape index (κ1) is 15.1. The molecule has 112 valence electrons. The molecule has 1 aromatic carbocycles. The van der Waals surface area contributed by atoms with Crippen LogP contribution in [0.5, 0.6) is 11.5 Å². The van der Waals surface area contributed by atoms with E-state index >= 15 is 0 Å². The number of methoxy groups -OCH3 is 2. The normalized spacial score (nSPS) is 21.9. The smallest absolute Gasteiger partial charge is 0.161 e. The first-order valence-electron chi connectivity index (χ1n) is 7.32. The van der Waals surface area contributed by atoms with Crippen LogP contribution in [0.2, 0.25) is 0 Å². The van der Waals surface area contributed by atoms with Gasteiger partial charge in [-0.3, -0.25) is 0 Å². The van der Waals surface area contributed by atoms with Crippen molar-refractivity contribution in [3.05, 3.63) is 23.8 Å². The predicted octanol–water partition coefficient (Wildman–Crippen LogP) is 2.75. The number of ether oxygens (including phenoxy) is 3. The fourth-order valence-corrected chi connectivity index (χ4v) is 2.70. The van der Waals surface area contributed by atoms with Crippen molar-refractivity contribution in [2.75, 3.05) is 20.8 Å². The lowest BCUT2D eigenvalue weighted by Crippen LogP contribution is -2.26. The van der Waals surface area contributed by atoms with E-state index in [1.54, 1.807) is 14.2 Å². The van der Waals surface area contributed by atoms with Gasteiger partial charge in [0.25, 0.3) is 0 Å². The van der Waals surface area contributed by atoms with E-state index in [1.807, 2.05) is 13.0 Å². The SMILES string of the molecule is CCOc1cc(CNC2CCC(OC)C2)ccc1OC. The lowest BCUT2D eigenvalue weighted by Gasteiger charge is -2.15. The fourth-order valence-electron chi connectivity index (χ4n) is 2.70. The summed E-state index contributed by atoms with van der Waals surface area (Å²) in [6.45, 7) is 3.48. The summed E-state index contributed by atoms with van der Waals surface area (Å²) < 4.78 is 16.3. The number of rotatable bonds is 7. The van der Waals surface area contributed by atoms with E-state index in [4.69, 9.17) is 14.2 Å². The zero-order chi connectivity index (χ0) is 14.4. The first-order chi connectivity index (χ1) is 9.76. The Labute approximate surface area is 121 Å². The highest BCUT2D eigenvalue weighted by molar-refractivity contribution is 5.42. The summed E-state index contributed by atoms with van der Waals surface area (Å²) in [6, 6.07) is 6.65. The molecule has 1 aliphatic carbocycles. The van der Waals surface area contributed by atoms with Gasteiger partial charge in [-0.25, -0.2) is 0 Å². The molecule has 0 aromatic heterocycles. The molecule has 1 aromatic rings. The van der Waals surface area contributed by atoms with Crippen molar-refractivity contribution in [1.82, 2.24) is 5.32 Å². The highest BCUT2D eigenvalue weighted by Crippen LogP contribution is 2.28. The number of hydrogen-bond donors (Lipinski definition) is 1. The highest BCUT2D eigenvalue weighted by Gasteiger charge is 2.23. The van der Waals surface area contributed by atoms with E-state index in [-0.39, 0.29) is 0 Å². The molecular weight excluding hydrogens is 254 g/mol. The minimum absolute atomic E-state index is 0.419. The summed E-state index contributed by atoms with van der Waals surface area (Å²) in [5, 5.41) is 3.59. The molecule has 0 heterocycles. The topological polar surface area (TPSA) is 39.7 Å². The van der Waals surface area contributed by atoms with Crippen LogP contribution in [0.15, 0.2) is 18.2 Å².